The fourth-order valence-corrected chi connectivity index (χ4v) is 4.49. The van der Waals surface area contributed by atoms with Gasteiger partial charge in [-0.3, -0.25) is 14.2 Å². The number of carbonyl (C=O) groups is 1. The minimum atomic E-state index is -4.31. The van der Waals surface area contributed by atoms with E-state index in [0.717, 1.165) is 15.1 Å². The molecule has 2 aromatic rings. The molecule has 0 radical (unpaired) electrons. The van der Waals surface area contributed by atoms with Crippen molar-refractivity contribution < 1.29 is 22.7 Å². The van der Waals surface area contributed by atoms with Gasteiger partial charge in [0.05, 0.1) is 6.54 Å². The number of fused-ring (bicyclic) bond motifs is 1. The zero-order valence-electron chi connectivity index (χ0n) is 16.7. The maximum Gasteiger partial charge on any atom is 0.330 e. The normalized spacial score (nSPS) is 13.3. The van der Waals surface area contributed by atoms with Crippen molar-refractivity contribution in [3.8, 4) is 11.5 Å². The Morgan fingerprint density at radius 3 is 2.50 bits per heavy atom. The molecule has 0 atom stereocenters. The minimum absolute atomic E-state index is 0.0527. The molecule has 2 heterocycles. The zero-order valence-corrected chi connectivity index (χ0v) is 17.6. The number of anilines is 1. The molecule has 0 fully saturated rings. The van der Waals surface area contributed by atoms with E-state index in [4.69, 9.17) is 9.47 Å². The molecule has 30 heavy (non-hydrogen) atoms. The second-order valence-corrected chi connectivity index (χ2v) is 8.50. The van der Waals surface area contributed by atoms with Gasteiger partial charge in [-0.15, -0.1) is 0 Å². The Morgan fingerprint density at radius 2 is 1.83 bits per heavy atom. The number of carbonyl (C=O) groups excluding carboxylic acids is 1. The van der Waals surface area contributed by atoms with Crippen LogP contribution in [0.25, 0.3) is 0 Å². The summed E-state index contributed by atoms with van der Waals surface area (Å²) in [6.07, 6.45) is 0.960. The van der Waals surface area contributed by atoms with Crippen LogP contribution in [-0.4, -0.2) is 54.1 Å². The largest absolute Gasteiger partial charge is 0.486 e. The number of aromatic nitrogens is 2. The maximum atomic E-state index is 13.0. The summed E-state index contributed by atoms with van der Waals surface area (Å²) < 4.78 is 39.4. The van der Waals surface area contributed by atoms with Crippen LogP contribution in [0.2, 0.25) is 0 Å². The Hall–Kier alpha value is -3.12. The number of amides is 1. The maximum absolute atomic E-state index is 13.0. The molecular formula is C18H22N4O7S. The zero-order chi connectivity index (χ0) is 22.1. The van der Waals surface area contributed by atoms with Crippen LogP contribution < -0.4 is 26.0 Å². The first-order chi connectivity index (χ1) is 14.1. The number of sulfonamides is 1. The summed E-state index contributed by atoms with van der Waals surface area (Å²) in [5, 5.41) is 2.61. The van der Waals surface area contributed by atoms with Crippen LogP contribution in [-0.2, 0) is 28.9 Å². The summed E-state index contributed by atoms with van der Waals surface area (Å²) >= 11 is 0. The van der Waals surface area contributed by atoms with Crippen LogP contribution in [0.3, 0.4) is 0 Å². The molecule has 1 N–H and O–H groups in total. The number of benzene rings is 1. The van der Waals surface area contributed by atoms with Gasteiger partial charge in [-0.1, -0.05) is 6.92 Å². The lowest BCUT2D eigenvalue weighted by molar-refractivity contribution is -0.116. The lowest BCUT2D eigenvalue weighted by Crippen LogP contribution is -2.44. The second kappa shape index (κ2) is 8.32. The Balaban J connectivity index is 1.82. The van der Waals surface area contributed by atoms with E-state index in [9.17, 15) is 22.8 Å². The van der Waals surface area contributed by atoms with Crippen molar-refractivity contribution in [1.29, 1.82) is 0 Å². The van der Waals surface area contributed by atoms with Gasteiger partial charge in [-0.25, -0.2) is 13.2 Å². The van der Waals surface area contributed by atoms with E-state index in [1.165, 1.54) is 14.1 Å². The van der Waals surface area contributed by atoms with E-state index < -0.39 is 38.6 Å². The molecular weight excluding hydrogens is 416 g/mol. The highest BCUT2D eigenvalue weighted by molar-refractivity contribution is 7.89. The molecule has 11 nitrogen and oxygen atoms in total. The van der Waals surface area contributed by atoms with Crippen LogP contribution in [0.1, 0.15) is 6.92 Å². The van der Waals surface area contributed by atoms with Crippen molar-refractivity contribution in [3.05, 3.63) is 45.2 Å². The summed E-state index contributed by atoms with van der Waals surface area (Å²) in [5.74, 6) is 0.439. The number of aryl methyl sites for hydroxylation is 1. The van der Waals surface area contributed by atoms with E-state index in [1.807, 2.05) is 0 Å². The van der Waals surface area contributed by atoms with Crippen molar-refractivity contribution >= 4 is 21.6 Å². The van der Waals surface area contributed by atoms with Crippen LogP contribution in [0.5, 0.6) is 11.5 Å². The number of hydrogen-bond donors (Lipinski definition) is 1. The van der Waals surface area contributed by atoms with Gasteiger partial charge in [-0.2, -0.15) is 4.31 Å². The van der Waals surface area contributed by atoms with Crippen molar-refractivity contribution in [2.75, 3.05) is 31.6 Å². The molecule has 0 unspecified atom stereocenters. The predicted octanol–water partition coefficient (Wildman–Crippen LogP) is -0.495. The number of nitrogens with one attached hydrogen (secondary N) is 1. The fraction of sp³-hybridized carbons (Fsp3) is 0.389. The van der Waals surface area contributed by atoms with Gasteiger partial charge in [-0.05, 0) is 12.1 Å². The first kappa shape index (κ1) is 21.6. The first-order valence-corrected chi connectivity index (χ1v) is 10.6. The Labute approximate surface area is 172 Å². The van der Waals surface area contributed by atoms with Gasteiger partial charge in [0.15, 0.2) is 16.4 Å². The third-order valence-electron chi connectivity index (χ3n) is 4.53. The fourth-order valence-electron chi connectivity index (χ4n) is 2.94. The Morgan fingerprint density at radius 1 is 1.17 bits per heavy atom. The molecule has 162 valence electrons. The number of ether oxygens (including phenoxy) is 2. The number of likely N-dealkylation sites (N-methyl/N-ethyl adjacent to an activating group) is 1. The van der Waals surface area contributed by atoms with E-state index in [1.54, 1.807) is 25.1 Å². The molecule has 1 aromatic heterocycles. The lowest BCUT2D eigenvalue weighted by Gasteiger charge is -2.21. The summed E-state index contributed by atoms with van der Waals surface area (Å²) in [6.45, 7) is 1.80. The summed E-state index contributed by atoms with van der Waals surface area (Å²) in [6, 6.07) is 4.84. The van der Waals surface area contributed by atoms with Crippen molar-refractivity contribution in [2.24, 2.45) is 14.1 Å². The van der Waals surface area contributed by atoms with Crippen LogP contribution in [0, 0.1) is 0 Å². The molecule has 1 amide bonds. The minimum Gasteiger partial charge on any atom is -0.486 e. The highest BCUT2D eigenvalue weighted by atomic mass is 32.2. The van der Waals surface area contributed by atoms with Crippen LogP contribution >= 0.6 is 0 Å². The lowest BCUT2D eigenvalue weighted by atomic mass is 10.2. The molecule has 0 saturated heterocycles. The van der Waals surface area contributed by atoms with Gasteiger partial charge in [0.25, 0.3) is 15.6 Å². The third-order valence-corrected chi connectivity index (χ3v) is 6.43. The topological polar surface area (TPSA) is 129 Å². The van der Waals surface area contributed by atoms with Crippen LogP contribution in [0.4, 0.5) is 5.69 Å². The third kappa shape index (κ3) is 4.09. The van der Waals surface area contributed by atoms with Gasteiger partial charge in [0.1, 0.15) is 13.2 Å². The van der Waals surface area contributed by atoms with Gasteiger partial charge < -0.3 is 19.4 Å². The average molecular weight is 438 g/mol. The molecule has 1 aromatic carbocycles. The van der Waals surface area contributed by atoms with Gasteiger partial charge in [0, 0.05) is 38.6 Å². The first-order valence-electron chi connectivity index (χ1n) is 9.11. The summed E-state index contributed by atoms with van der Waals surface area (Å²) in [5.41, 5.74) is -1.20. The predicted molar refractivity (Wildman–Crippen MR) is 107 cm³/mol. The SMILES string of the molecule is CCN(CC(=O)Nc1ccc2c(c1)OCCO2)S(=O)(=O)c1cn(C)c(=O)n(C)c1=O. The average Bonchev–Trinajstić information content (AvgIpc) is 2.72. The van der Waals surface area contributed by atoms with E-state index in [0.29, 0.717) is 35.0 Å². The molecule has 1 aliphatic heterocycles. The molecule has 0 bridgehead atoms. The van der Waals surface area contributed by atoms with E-state index in [2.05, 4.69) is 5.32 Å². The van der Waals surface area contributed by atoms with E-state index >= 15 is 0 Å². The van der Waals surface area contributed by atoms with Gasteiger partial charge >= 0.3 is 5.69 Å². The number of hydrogen-bond acceptors (Lipinski definition) is 7. The monoisotopic (exact) mass is 438 g/mol. The molecule has 1 aliphatic rings. The highest BCUT2D eigenvalue weighted by Crippen LogP contribution is 2.32. The number of nitrogens with zero attached hydrogens (tertiary/aromatic N) is 3. The van der Waals surface area contributed by atoms with Crippen molar-refractivity contribution in [1.82, 2.24) is 13.4 Å². The van der Waals surface area contributed by atoms with Crippen molar-refractivity contribution in [2.45, 2.75) is 11.8 Å². The Kier molecular flexibility index (Phi) is 5.99. The smallest absolute Gasteiger partial charge is 0.330 e. The van der Waals surface area contributed by atoms with E-state index in [-0.39, 0.29) is 6.54 Å². The second-order valence-electron chi connectivity index (χ2n) is 6.59. The van der Waals surface area contributed by atoms with Gasteiger partial charge in [0.2, 0.25) is 5.91 Å². The summed E-state index contributed by atoms with van der Waals surface area (Å²) in [4.78, 5) is 36.1. The molecule has 3 rings (SSSR count). The molecule has 0 saturated carbocycles. The standard InChI is InChI=1S/C18H22N4O7S/c1-4-22(30(26,27)15-10-20(2)18(25)21(3)17(15)24)11-16(23)19-12-5-6-13-14(9-12)29-8-7-28-13/h5-6,9-10H,4,7-8,11H2,1-3H3,(H,19,23). The van der Waals surface area contributed by atoms with Crippen molar-refractivity contribution in [3.63, 3.8) is 0 Å². The molecule has 0 spiro atoms. The Bertz CT molecular complexity index is 1200. The van der Waals surface area contributed by atoms with Crippen LogP contribution in [0.15, 0.2) is 38.9 Å². The molecule has 0 aliphatic carbocycles. The number of rotatable bonds is 6. The quantitative estimate of drug-likeness (QED) is 0.644. The molecule has 12 heteroatoms. The highest BCUT2D eigenvalue weighted by Gasteiger charge is 2.29. The summed E-state index contributed by atoms with van der Waals surface area (Å²) in [7, 11) is -1.78.